The van der Waals surface area contributed by atoms with Crippen molar-refractivity contribution in [3.63, 3.8) is 0 Å². The molecule has 3 aromatic rings. The fourth-order valence-electron chi connectivity index (χ4n) is 2.34. The van der Waals surface area contributed by atoms with Crippen molar-refractivity contribution in [2.45, 2.75) is 6.92 Å². The van der Waals surface area contributed by atoms with Crippen LogP contribution in [0, 0.1) is 0 Å². The van der Waals surface area contributed by atoms with Crippen LogP contribution < -0.4 is 0 Å². The van der Waals surface area contributed by atoms with Crippen molar-refractivity contribution in [3.05, 3.63) is 66.2 Å². The highest BCUT2D eigenvalue weighted by Crippen LogP contribution is 2.33. The van der Waals surface area contributed by atoms with Gasteiger partial charge in [-0.25, -0.2) is 4.79 Å². The molecule has 1 N–H and O–H groups in total. The molecular weight excluding hydrogens is 304 g/mol. The van der Waals surface area contributed by atoms with E-state index in [4.69, 9.17) is 4.74 Å². The zero-order valence-corrected chi connectivity index (χ0v) is 13.1. The first-order chi connectivity index (χ1) is 11.7. The normalized spacial score (nSPS) is 11.0. The van der Waals surface area contributed by atoms with Crippen molar-refractivity contribution in [3.8, 4) is 5.75 Å². The molecule has 0 fully saturated rings. The fraction of sp³-hybridized carbons (Fsp3) is 0.105. The Kier molecular flexibility index (Phi) is 4.52. The summed E-state index contributed by atoms with van der Waals surface area (Å²) < 4.78 is 4.94. The second kappa shape index (κ2) is 6.91. The van der Waals surface area contributed by atoms with Crippen LogP contribution in [-0.2, 0) is 4.74 Å². The number of rotatable bonds is 4. The van der Waals surface area contributed by atoms with Crippen LogP contribution in [0.1, 0.15) is 17.3 Å². The predicted molar refractivity (Wildman–Crippen MR) is 92.2 cm³/mol. The molecule has 5 nitrogen and oxygen atoms in total. The Bertz CT molecular complexity index is 902. The maximum atomic E-state index is 11.6. The minimum absolute atomic E-state index is 0.211. The third-order valence-corrected chi connectivity index (χ3v) is 3.53. The third-order valence-electron chi connectivity index (χ3n) is 3.53. The molecule has 0 spiro atoms. The van der Waals surface area contributed by atoms with Crippen molar-refractivity contribution in [2.24, 2.45) is 10.2 Å². The maximum absolute atomic E-state index is 11.6. The van der Waals surface area contributed by atoms with Crippen LogP contribution in [0.4, 0.5) is 11.4 Å². The lowest BCUT2D eigenvalue weighted by Crippen LogP contribution is -2.03. The molecule has 0 bridgehead atoms. The highest BCUT2D eigenvalue weighted by atomic mass is 16.5. The van der Waals surface area contributed by atoms with Gasteiger partial charge in [-0.15, -0.1) is 5.11 Å². The first-order valence-corrected chi connectivity index (χ1v) is 7.58. The first kappa shape index (κ1) is 15.7. The van der Waals surface area contributed by atoms with Gasteiger partial charge in [0.15, 0.2) is 0 Å². The monoisotopic (exact) mass is 320 g/mol. The molecule has 0 aliphatic carbocycles. The summed E-state index contributed by atoms with van der Waals surface area (Å²) in [7, 11) is 0. The van der Waals surface area contributed by atoms with Crippen molar-refractivity contribution in [2.75, 3.05) is 6.61 Å². The molecular formula is C19H16N2O3. The summed E-state index contributed by atoms with van der Waals surface area (Å²) in [5.74, 6) is -0.145. The molecule has 0 saturated carbocycles. The Morgan fingerprint density at radius 3 is 2.38 bits per heavy atom. The number of hydrogen-bond donors (Lipinski definition) is 1. The number of carbonyl (C=O) groups excluding carboxylic acids is 1. The molecule has 0 aliphatic rings. The van der Waals surface area contributed by atoms with Crippen LogP contribution in [0.5, 0.6) is 5.75 Å². The second-order valence-electron chi connectivity index (χ2n) is 5.12. The number of aromatic hydroxyl groups is 1. The highest BCUT2D eigenvalue weighted by Gasteiger charge is 2.06. The summed E-state index contributed by atoms with van der Waals surface area (Å²) in [5.41, 5.74) is 1.77. The average Bonchev–Trinajstić information content (AvgIpc) is 2.62. The molecule has 0 unspecified atom stereocenters. The van der Waals surface area contributed by atoms with Gasteiger partial charge in [-0.05, 0) is 43.3 Å². The summed E-state index contributed by atoms with van der Waals surface area (Å²) >= 11 is 0. The predicted octanol–water partition coefficient (Wildman–Crippen LogP) is 5.14. The zero-order valence-electron chi connectivity index (χ0n) is 13.1. The molecule has 0 aromatic heterocycles. The number of ether oxygens (including phenoxy) is 1. The molecule has 0 atom stereocenters. The first-order valence-electron chi connectivity index (χ1n) is 7.58. The van der Waals surface area contributed by atoms with Gasteiger partial charge in [0.2, 0.25) is 0 Å². The van der Waals surface area contributed by atoms with Gasteiger partial charge in [-0.1, -0.05) is 24.3 Å². The van der Waals surface area contributed by atoms with Gasteiger partial charge < -0.3 is 9.84 Å². The van der Waals surface area contributed by atoms with Crippen LogP contribution in [-0.4, -0.2) is 17.7 Å². The van der Waals surface area contributed by atoms with Gasteiger partial charge in [-0.2, -0.15) is 5.11 Å². The summed E-state index contributed by atoms with van der Waals surface area (Å²) in [6, 6.07) is 17.5. The van der Waals surface area contributed by atoms with Gasteiger partial charge in [0, 0.05) is 10.8 Å². The lowest BCUT2D eigenvalue weighted by molar-refractivity contribution is 0.0526. The summed E-state index contributed by atoms with van der Waals surface area (Å²) in [5, 5.41) is 19.9. The van der Waals surface area contributed by atoms with Crippen molar-refractivity contribution in [1.29, 1.82) is 0 Å². The molecule has 5 heteroatoms. The lowest BCUT2D eigenvalue weighted by Gasteiger charge is -2.03. The molecule has 120 valence electrons. The standard InChI is InChI=1S/C19H16N2O3/c1-2-24-19(23)13-7-9-14(10-8-13)20-21-17-11-12-18(22)16-6-4-3-5-15(16)17/h3-12,22H,2H2,1H3. The second-order valence-corrected chi connectivity index (χ2v) is 5.12. The molecule has 24 heavy (non-hydrogen) atoms. The molecule has 0 saturated heterocycles. The van der Waals surface area contributed by atoms with E-state index in [1.54, 1.807) is 43.3 Å². The van der Waals surface area contributed by atoms with Gasteiger partial charge in [0.25, 0.3) is 0 Å². The number of fused-ring (bicyclic) bond motifs is 1. The average molecular weight is 320 g/mol. The van der Waals surface area contributed by atoms with E-state index in [1.807, 2.05) is 24.3 Å². The van der Waals surface area contributed by atoms with E-state index in [1.165, 1.54) is 0 Å². The third kappa shape index (κ3) is 3.25. The van der Waals surface area contributed by atoms with Crippen molar-refractivity contribution >= 4 is 28.1 Å². The number of carbonyl (C=O) groups is 1. The quantitative estimate of drug-likeness (QED) is 0.534. The molecule has 3 rings (SSSR count). The Balaban J connectivity index is 1.86. The van der Waals surface area contributed by atoms with Crippen LogP contribution in [0.25, 0.3) is 10.8 Å². The van der Waals surface area contributed by atoms with E-state index in [0.29, 0.717) is 23.5 Å². The highest BCUT2D eigenvalue weighted by molar-refractivity contribution is 5.96. The zero-order chi connectivity index (χ0) is 16.9. The number of nitrogens with zero attached hydrogens (tertiary/aromatic N) is 2. The number of hydrogen-bond acceptors (Lipinski definition) is 5. The van der Waals surface area contributed by atoms with Gasteiger partial charge in [0.05, 0.1) is 23.5 Å². The Hall–Kier alpha value is -3.21. The smallest absolute Gasteiger partial charge is 0.338 e. The van der Waals surface area contributed by atoms with E-state index in [-0.39, 0.29) is 11.7 Å². The maximum Gasteiger partial charge on any atom is 0.338 e. The van der Waals surface area contributed by atoms with Crippen LogP contribution in [0.15, 0.2) is 70.9 Å². The molecule has 0 radical (unpaired) electrons. The van der Waals surface area contributed by atoms with Crippen LogP contribution >= 0.6 is 0 Å². The Morgan fingerprint density at radius 2 is 1.67 bits per heavy atom. The number of phenols is 1. The Labute approximate surface area is 139 Å². The lowest BCUT2D eigenvalue weighted by atomic mass is 10.1. The summed E-state index contributed by atoms with van der Waals surface area (Å²) in [4.78, 5) is 11.6. The van der Waals surface area contributed by atoms with Gasteiger partial charge in [-0.3, -0.25) is 0 Å². The largest absolute Gasteiger partial charge is 0.507 e. The summed E-state index contributed by atoms with van der Waals surface area (Å²) in [6.45, 7) is 2.11. The molecule has 3 aromatic carbocycles. The van der Waals surface area contributed by atoms with Crippen LogP contribution in [0.2, 0.25) is 0 Å². The van der Waals surface area contributed by atoms with Gasteiger partial charge >= 0.3 is 5.97 Å². The number of benzene rings is 3. The van der Waals surface area contributed by atoms with Crippen molar-refractivity contribution in [1.82, 2.24) is 0 Å². The molecule has 0 amide bonds. The van der Waals surface area contributed by atoms with E-state index in [2.05, 4.69) is 10.2 Å². The minimum Gasteiger partial charge on any atom is -0.507 e. The topological polar surface area (TPSA) is 71.2 Å². The van der Waals surface area contributed by atoms with Gasteiger partial charge in [0.1, 0.15) is 5.75 Å². The minimum atomic E-state index is -0.356. The SMILES string of the molecule is CCOC(=O)c1ccc(N=Nc2ccc(O)c3ccccc23)cc1. The van der Waals surface area contributed by atoms with Crippen molar-refractivity contribution < 1.29 is 14.6 Å². The van der Waals surface area contributed by atoms with E-state index >= 15 is 0 Å². The molecule has 0 heterocycles. The van der Waals surface area contributed by atoms with E-state index in [9.17, 15) is 9.90 Å². The summed E-state index contributed by atoms with van der Waals surface area (Å²) in [6.07, 6.45) is 0. The Morgan fingerprint density at radius 1 is 0.958 bits per heavy atom. The van der Waals surface area contributed by atoms with E-state index < -0.39 is 0 Å². The molecule has 0 aliphatic heterocycles. The van der Waals surface area contributed by atoms with E-state index in [0.717, 1.165) is 10.8 Å². The fourth-order valence-corrected chi connectivity index (χ4v) is 2.34. The number of azo groups is 1. The number of phenolic OH excluding ortho intramolecular Hbond substituents is 1. The number of esters is 1. The van der Waals surface area contributed by atoms with Crippen LogP contribution in [0.3, 0.4) is 0 Å².